The number of aliphatic hydroxyl groups excluding tert-OH is 1. The fourth-order valence-corrected chi connectivity index (χ4v) is 3.08. The SMILES string of the molecule is CC[C@]12CNc3nnc(Cl)cc3N1C[C@H](O)C2. The molecule has 17 heavy (non-hydrogen) atoms. The number of β-amino-alcohol motifs (C(OH)–C–C–N with tert-alkyl or cyclic N) is 1. The first-order chi connectivity index (χ1) is 8.14. The maximum Gasteiger partial charge on any atom is 0.172 e. The van der Waals surface area contributed by atoms with E-state index in [9.17, 15) is 5.11 Å². The van der Waals surface area contributed by atoms with Crippen LogP contribution in [-0.2, 0) is 0 Å². The molecule has 2 aliphatic heterocycles. The minimum absolute atomic E-state index is 0.0151. The molecule has 3 rings (SSSR count). The summed E-state index contributed by atoms with van der Waals surface area (Å²) in [6.45, 7) is 3.59. The van der Waals surface area contributed by atoms with Gasteiger partial charge in [-0.2, -0.15) is 0 Å². The largest absolute Gasteiger partial charge is 0.391 e. The van der Waals surface area contributed by atoms with Crippen molar-refractivity contribution < 1.29 is 5.11 Å². The van der Waals surface area contributed by atoms with E-state index >= 15 is 0 Å². The van der Waals surface area contributed by atoms with Gasteiger partial charge in [0.25, 0.3) is 0 Å². The van der Waals surface area contributed by atoms with Crippen LogP contribution in [0.4, 0.5) is 11.5 Å². The highest BCUT2D eigenvalue weighted by Crippen LogP contribution is 2.43. The summed E-state index contributed by atoms with van der Waals surface area (Å²) < 4.78 is 0. The molecule has 3 heterocycles. The molecule has 1 saturated heterocycles. The zero-order chi connectivity index (χ0) is 12.0. The van der Waals surface area contributed by atoms with Gasteiger partial charge in [0.05, 0.1) is 17.3 Å². The van der Waals surface area contributed by atoms with Gasteiger partial charge in [-0.15, -0.1) is 10.2 Å². The van der Waals surface area contributed by atoms with Crippen molar-refractivity contribution in [2.24, 2.45) is 0 Å². The minimum Gasteiger partial charge on any atom is -0.391 e. The van der Waals surface area contributed by atoms with Gasteiger partial charge in [-0.1, -0.05) is 18.5 Å². The second kappa shape index (κ2) is 3.71. The van der Waals surface area contributed by atoms with Crippen LogP contribution in [0.2, 0.25) is 5.15 Å². The molecule has 2 aliphatic rings. The number of nitrogens with one attached hydrogen (secondary N) is 1. The molecule has 1 fully saturated rings. The summed E-state index contributed by atoms with van der Waals surface area (Å²) in [6, 6.07) is 1.82. The van der Waals surface area contributed by atoms with E-state index in [-0.39, 0.29) is 11.6 Å². The molecular weight excluding hydrogens is 240 g/mol. The quantitative estimate of drug-likeness (QED) is 0.791. The molecule has 0 unspecified atom stereocenters. The van der Waals surface area contributed by atoms with Gasteiger partial charge in [0.15, 0.2) is 11.0 Å². The third-order valence-electron chi connectivity index (χ3n) is 3.86. The molecule has 5 nitrogen and oxygen atoms in total. The van der Waals surface area contributed by atoms with Crippen molar-refractivity contribution in [1.82, 2.24) is 10.2 Å². The van der Waals surface area contributed by atoms with Crippen molar-refractivity contribution in [1.29, 1.82) is 0 Å². The number of hydrogen-bond acceptors (Lipinski definition) is 5. The minimum atomic E-state index is -0.283. The maximum absolute atomic E-state index is 9.91. The molecule has 1 aromatic rings. The van der Waals surface area contributed by atoms with Crippen LogP contribution >= 0.6 is 11.6 Å². The molecule has 0 bridgehead atoms. The van der Waals surface area contributed by atoms with Crippen molar-refractivity contribution >= 4 is 23.1 Å². The van der Waals surface area contributed by atoms with E-state index in [4.69, 9.17) is 11.6 Å². The Hall–Kier alpha value is -1.07. The van der Waals surface area contributed by atoms with Gasteiger partial charge in [-0.3, -0.25) is 0 Å². The molecular formula is C11H15ClN4O. The molecule has 0 spiro atoms. The average molecular weight is 255 g/mol. The highest BCUT2D eigenvalue weighted by Gasteiger charge is 2.47. The van der Waals surface area contributed by atoms with Crippen molar-refractivity contribution in [3.63, 3.8) is 0 Å². The lowest BCUT2D eigenvalue weighted by molar-refractivity contribution is 0.184. The predicted octanol–water partition coefficient (Wildman–Crippen LogP) is 1.28. The number of rotatable bonds is 1. The van der Waals surface area contributed by atoms with E-state index in [0.717, 1.165) is 30.9 Å². The van der Waals surface area contributed by atoms with Gasteiger partial charge in [0.2, 0.25) is 0 Å². The maximum atomic E-state index is 9.91. The second-order valence-corrected chi connectivity index (χ2v) is 5.19. The van der Waals surface area contributed by atoms with Crippen molar-refractivity contribution in [2.45, 2.75) is 31.4 Å². The smallest absolute Gasteiger partial charge is 0.172 e. The van der Waals surface area contributed by atoms with E-state index in [1.807, 2.05) is 6.07 Å². The summed E-state index contributed by atoms with van der Waals surface area (Å²) in [6.07, 6.45) is 1.49. The first-order valence-corrected chi connectivity index (χ1v) is 6.25. The normalized spacial score (nSPS) is 30.8. The summed E-state index contributed by atoms with van der Waals surface area (Å²) in [5, 5.41) is 21.5. The summed E-state index contributed by atoms with van der Waals surface area (Å²) >= 11 is 5.90. The molecule has 1 aromatic heterocycles. The van der Waals surface area contributed by atoms with Gasteiger partial charge in [-0.05, 0) is 12.8 Å². The van der Waals surface area contributed by atoms with Crippen LogP contribution in [-0.4, -0.2) is 40.0 Å². The fraction of sp³-hybridized carbons (Fsp3) is 0.636. The Morgan fingerprint density at radius 2 is 2.47 bits per heavy atom. The van der Waals surface area contributed by atoms with Crippen LogP contribution in [0.25, 0.3) is 0 Å². The van der Waals surface area contributed by atoms with Crippen LogP contribution in [0.5, 0.6) is 0 Å². The summed E-state index contributed by atoms with van der Waals surface area (Å²) in [5.74, 6) is 0.757. The van der Waals surface area contributed by atoms with Crippen LogP contribution in [0, 0.1) is 0 Å². The number of nitrogens with zero attached hydrogens (tertiary/aromatic N) is 3. The molecule has 92 valence electrons. The molecule has 0 radical (unpaired) electrons. The Morgan fingerprint density at radius 3 is 3.24 bits per heavy atom. The molecule has 2 atom stereocenters. The van der Waals surface area contributed by atoms with E-state index in [1.54, 1.807) is 0 Å². The number of anilines is 2. The number of aromatic nitrogens is 2. The van der Waals surface area contributed by atoms with Crippen LogP contribution < -0.4 is 10.2 Å². The fourth-order valence-electron chi connectivity index (χ4n) is 2.94. The van der Waals surface area contributed by atoms with Crippen molar-refractivity contribution in [3.8, 4) is 0 Å². The molecule has 2 N–H and O–H groups in total. The van der Waals surface area contributed by atoms with Crippen molar-refractivity contribution in [2.75, 3.05) is 23.3 Å². The standard InChI is InChI=1S/C11H15ClN4O/c1-2-11-4-7(17)5-16(11)8-3-9(12)14-15-10(8)13-6-11/h3,7,17H,2,4-6H2,1H3,(H,13,15)/t7-,11+/m1/s1. The van der Waals surface area contributed by atoms with Crippen LogP contribution in [0.15, 0.2) is 6.07 Å². The summed E-state index contributed by atoms with van der Waals surface area (Å²) in [4.78, 5) is 2.23. The Bertz CT molecular complexity index is 455. The zero-order valence-electron chi connectivity index (χ0n) is 9.65. The Balaban J connectivity index is 2.08. The first kappa shape index (κ1) is 11.0. The first-order valence-electron chi connectivity index (χ1n) is 5.87. The van der Waals surface area contributed by atoms with Gasteiger partial charge >= 0.3 is 0 Å². The lowest BCUT2D eigenvalue weighted by Crippen LogP contribution is -2.52. The number of hydrogen-bond donors (Lipinski definition) is 2. The lowest BCUT2D eigenvalue weighted by Gasteiger charge is -2.43. The Labute approximate surface area is 105 Å². The molecule has 0 amide bonds. The lowest BCUT2D eigenvalue weighted by atomic mass is 9.90. The monoisotopic (exact) mass is 254 g/mol. The molecule has 0 aliphatic carbocycles. The average Bonchev–Trinajstić information content (AvgIpc) is 2.66. The van der Waals surface area contributed by atoms with Crippen molar-refractivity contribution in [3.05, 3.63) is 11.2 Å². The highest BCUT2D eigenvalue weighted by molar-refractivity contribution is 6.29. The van der Waals surface area contributed by atoms with Crippen LogP contribution in [0.3, 0.4) is 0 Å². The third kappa shape index (κ3) is 1.57. The second-order valence-electron chi connectivity index (χ2n) is 4.80. The molecule has 6 heteroatoms. The van der Waals surface area contributed by atoms with Gasteiger partial charge < -0.3 is 15.3 Å². The Morgan fingerprint density at radius 1 is 1.65 bits per heavy atom. The van der Waals surface area contributed by atoms with Crippen LogP contribution in [0.1, 0.15) is 19.8 Å². The summed E-state index contributed by atoms with van der Waals surface area (Å²) in [7, 11) is 0. The Kier molecular flexibility index (Phi) is 2.41. The highest BCUT2D eigenvalue weighted by atomic mass is 35.5. The van der Waals surface area contributed by atoms with Gasteiger partial charge in [-0.25, -0.2) is 0 Å². The third-order valence-corrected chi connectivity index (χ3v) is 4.04. The van der Waals surface area contributed by atoms with E-state index in [1.165, 1.54) is 0 Å². The van der Waals surface area contributed by atoms with E-state index in [2.05, 4.69) is 27.3 Å². The number of fused-ring (bicyclic) bond motifs is 3. The van der Waals surface area contributed by atoms with E-state index < -0.39 is 0 Å². The number of aliphatic hydroxyl groups is 1. The number of halogens is 1. The molecule has 0 aromatic carbocycles. The summed E-state index contributed by atoms with van der Waals surface area (Å²) in [5.41, 5.74) is 0.938. The predicted molar refractivity (Wildman–Crippen MR) is 66.5 cm³/mol. The van der Waals surface area contributed by atoms with Gasteiger partial charge in [0, 0.05) is 19.2 Å². The zero-order valence-corrected chi connectivity index (χ0v) is 10.4. The van der Waals surface area contributed by atoms with E-state index in [0.29, 0.717) is 11.7 Å². The van der Waals surface area contributed by atoms with Gasteiger partial charge in [0.1, 0.15) is 0 Å². The topological polar surface area (TPSA) is 61.3 Å². The molecule has 0 saturated carbocycles.